The number of thiazole rings is 1. The number of ether oxygens (including phenoxy) is 1. The molecule has 3 aromatic heterocycles. The van der Waals surface area contributed by atoms with Crippen LogP contribution in [0.3, 0.4) is 0 Å². The van der Waals surface area contributed by atoms with Crippen LogP contribution in [0.1, 0.15) is 16.1 Å². The zero-order valence-corrected chi connectivity index (χ0v) is 13.3. The summed E-state index contributed by atoms with van der Waals surface area (Å²) >= 11 is 2.92. The normalized spacial score (nSPS) is 11.3. The lowest BCUT2D eigenvalue weighted by molar-refractivity contribution is -0.139. The minimum absolute atomic E-state index is 0.0176. The average Bonchev–Trinajstić information content (AvgIpc) is 3.12. The third-order valence-electron chi connectivity index (χ3n) is 2.99. The van der Waals surface area contributed by atoms with Gasteiger partial charge in [0.2, 0.25) is 0 Å². The molecule has 0 aliphatic rings. The van der Waals surface area contributed by atoms with Gasteiger partial charge in [-0.15, -0.1) is 22.7 Å². The SMILES string of the molecule is Cc1ccsc1/C=C/C(=O)OCc1cc(=O)n2ccsc2n1. The number of carbonyl (C=O) groups is 1. The first-order valence-corrected chi connectivity index (χ1v) is 8.24. The largest absolute Gasteiger partial charge is 0.456 e. The molecule has 0 bridgehead atoms. The molecule has 0 fully saturated rings. The summed E-state index contributed by atoms with van der Waals surface area (Å²) in [7, 11) is 0. The van der Waals surface area contributed by atoms with E-state index in [2.05, 4.69) is 4.98 Å². The molecule has 3 aromatic rings. The van der Waals surface area contributed by atoms with Crippen LogP contribution in [-0.2, 0) is 16.1 Å². The molecule has 3 heterocycles. The Kier molecular flexibility index (Phi) is 4.17. The lowest BCUT2D eigenvalue weighted by Gasteiger charge is -2.01. The van der Waals surface area contributed by atoms with Crippen LogP contribution in [0.25, 0.3) is 11.0 Å². The first-order chi connectivity index (χ1) is 10.6. The summed E-state index contributed by atoms with van der Waals surface area (Å²) in [6.45, 7) is 1.96. The molecule has 5 nitrogen and oxygen atoms in total. The fraction of sp³-hybridized carbons (Fsp3) is 0.133. The molecule has 0 saturated carbocycles. The van der Waals surface area contributed by atoms with Crippen LogP contribution < -0.4 is 5.56 Å². The number of aryl methyl sites for hydroxylation is 1. The number of esters is 1. The predicted octanol–water partition coefficient (Wildman–Crippen LogP) is 2.88. The molecule has 3 rings (SSSR count). The van der Waals surface area contributed by atoms with Crippen molar-refractivity contribution in [2.45, 2.75) is 13.5 Å². The highest BCUT2D eigenvalue weighted by atomic mass is 32.1. The summed E-state index contributed by atoms with van der Waals surface area (Å²) < 4.78 is 6.57. The van der Waals surface area contributed by atoms with Gasteiger partial charge in [0.05, 0.1) is 5.69 Å². The van der Waals surface area contributed by atoms with E-state index in [0.717, 1.165) is 10.4 Å². The Hall–Kier alpha value is -2.25. The number of thiophene rings is 1. The van der Waals surface area contributed by atoms with Crippen LogP contribution in [0.15, 0.2) is 40.0 Å². The number of aromatic nitrogens is 2. The predicted molar refractivity (Wildman–Crippen MR) is 87.2 cm³/mol. The molecular weight excluding hydrogens is 320 g/mol. The minimum atomic E-state index is -0.457. The lowest BCUT2D eigenvalue weighted by atomic mass is 10.3. The Labute approximate surface area is 134 Å². The van der Waals surface area contributed by atoms with Gasteiger partial charge in [-0.25, -0.2) is 9.78 Å². The summed E-state index contributed by atoms with van der Waals surface area (Å²) in [5.41, 5.74) is 1.38. The van der Waals surface area contributed by atoms with Gasteiger partial charge in [-0.05, 0) is 30.0 Å². The molecule has 0 amide bonds. The van der Waals surface area contributed by atoms with Gasteiger partial charge in [0.15, 0.2) is 4.96 Å². The molecule has 0 aromatic carbocycles. The van der Waals surface area contributed by atoms with Crippen molar-refractivity contribution in [3.8, 4) is 0 Å². The second kappa shape index (κ2) is 6.25. The van der Waals surface area contributed by atoms with Gasteiger partial charge >= 0.3 is 5.97 Å². The van der Waals surface area contributed by atoms with Crippen LogP contribution in [0.5, 0.6) is 0 Å². The third kappa shape index (κ3) is 3.15. The number of hydrogen-bond acceptors (Lipinski definition) is 6. The molecular formula is C15H12N2O3S2. The topological polar surface area (TPSA) is 60.7 Å². The second-order valence-electron chi connectivity index (χ2n) is 4.55. The van der Waals surface area contributed by atoms with Gasteiger partial charge in [-0.1, -0.05) is 0 Å². The van der Waals surface area contributed by atoms with Crippen LogP contribution in [-0.4, -0.2) is 15.4 Å². The van der Waals surface area contributed by atoms with E-state index in [-0.39, 0.29) is 12.2 Å². The summed E-state index contributed by atoms with van der Waals surface area (Å²) in [6.07, 6.45) is 4.78. The zero-order chi connectivity index (χ0) is 15.5. The molecule has 0 N–H and O–H groups in total. The summed E-state index contributed by atoms with van der Waals surface area (Å²) in [6, 6.07) is 3.36. The molecule has 0 aliphatic heterocycles. The Morgan fingerprint density at radius 3 is 3.05 bits per heavy atom. The molecule has 0 atom stereocenters. The van der Waals surface area contributed by atoms with Crippen molar-refractivity contribution in [2.24, 2.45) is 0 Å². The van der Waals surface area contributed by atoms with E-state index < -0.39 is 5.97 Å². The van der Waals surface area contributed by atoms with Gasteiger partial charge in [-0.3, -0.25) is 9.20 Å². The maximum absolute atomic E-state index is 11.8. The number of hydrogen-bond donors (Lipinski definition) is 0. The summed E-state index contributed by atoms with van der Waals surface area (Å²) in [5.74, 6) is -0.457. The van der Waals surface area contributed by atoms with E-state index in [1.807, 2.05) is 18.4 Å². The molecule has 22 heavy (non-hydrogen) atoms. The zero-order valence-electron chi connectivity index (χ0n) is 11.7. The molecule has 0 saturated heterocycles. The fourth-order valence-electron chi connectivity index (χ4n) is 1.85. The van der Waals surface area contributed by atoms with Crippen LogP contribution in [0.4, 0.5) is 0 Å². The van der Waals surface area contributed by atoms with E-state index in [0.29, 0.717) is 10.7 Å². The number of carbonyl (C=O) groups excluding carboxylic acids is 1. The van der Waals surface area contributed by atoms with Crippen molar-refractivity contribution in [3.05, 3.63) is 61.7 Å². The molecule has 0 unspecified atom stereocenters. The van der Waals surface area contributed by atoms with Crippen LogP contribution in [0, 0.1) is 6.92 Å². The highest BCUT2D eigenvalue weighted by Gasteiger charge is 2.05. The number of rotatable bonds is 4. The van der Waals surface area contributed by atoms with Gasteiger partial charge in [-0.2, -0.15) is 0 Å². The molecule has 0 aliphatic carbocycles. The van der Waals surface area contributed by atoms with Gasteiger partial charge in [0, 0.05) is 28.6 Å². The molecule has 0 radical (unpaired) electrons. The standard InChI is InChI=1S/C15H12N2O3S2/c1-10-4-6-21-12(10)2-3-14(19)20-9-11-8-13(18)17-5-7-22-15(17)16-11/h2-8H,9H2,1H3/b3-2+. The van der Waals surface area contributed by atoms with E-state index >= 15 is 0 Å². The van der Waals surface area contributed by atoms with Crippen molar-refractivity contribution in [2.75, 3.05) is 0 Å². The van der Waals surface area contributed by atoms with Crippen molar-refractivity contribution in [1.82, 2.24) is 9.38 Å². The van der Waals surface area contributed by atoms with Crippen LogP contribution in [0.2, 0.25) is 0 Å². The van der Waals surface area contributed by atoms with E-state index in [1.54, 1.807) is 29.0 Å². The van der Waals surface area contributed by atoms with Gasteiger partial charge in [0.1, 0.15) is 6.61 Å². The minimum Gasteiger partial charge on any atom is -0.456 e. The highest BCUT2D eigenvalue weighted by Crippen LogP contribution is 2.17. The lowest BCUT2D eigenvalue weighted by Crippen LogP contribution is -2.14. The Balaban J connectivity index is 1.66. The highest BCUT2D eigenvalue weighted by molar-refractivity contribution is 7.15. The van der Waals surface area contributed by atoms with Gasteiger partial charge in [0.25, 0.3) is 5.56 Å². The third-order valence-corrected chi connectivity index (χ3v) is 4.73. The quantitative estimate of drug-likeness (QED) is 0.544. The van der Waals surface area contributed by atoms with Crippen molar-refractivity contribution in [3.63, 3.8) is 0 Å². The molecule has 7 heteroatoms. The summed E-state index contributed by atoms with van der Waals surface area (Å²) in [5, 5.41) is 3.75. The van der Waals surface area contributed by atoms with Crippen molar-refractivity contribution in [1.29, 1.82) is 0 Å². The van der Waals surface area contributed by atoms with E-state index in [1.165, 1.54) is 27.9 Å². The first kappa shape index (κ1) is 14.7. The van der Waals surface area contributed by atoms with Crippen molar-refractivity contribution < 1.29 is 9.53 Å². The number of fused-ring (bicyclic) bond motifs is 1. The van der Waals surface area contributed by atoms with Crippen LogP contribution >= 0.6 is 22.7 Å². The molecule has 112 valence electrons. The Bertz CT molecular complexity index is 905. The van der Waals surface area contributed by atoms with Gasteiger partial charge < -0.3 is 4.74 Å². The maximum atomic E-state index is 11.8. The first-order valence-electron chi connectivity index (χ1n) is 6.48. The number of nitrogens with zero attached hydrogens (tertiary/aromatic N) is 2. The average molecular weight is 332 g/mol. The Morgan fingerprint density at radius 1 is 1.41 bits per heavy atom. The second-order valence-corrected chi connectivity index (χ2v) is 6.37. The Morgan fingerprint density at radius 2 is 2.27 bits per heavy atom. The van der Waals surface area contributed by atoms with Crippen molar-refractivity contribution >= 4 is 39.7 Å². The fourth-order valence-corrected chi connectivity index (χ4v) is 3.41. The van der Waals surface area contributed by atoms with E-state index in [4.69, 9.17) is 4.74 Å². The molecule has 0 spiro atoms. The maximum Gasteiger partial charge on any atom is 0.331 e. The summed E-state index contributed by atoms with van der Waals surface area (Å²) in [4.78, 5) is 29.4. The smallest absolute Gasteiger partial charge is 0.331 e. The monoisotopic (exact) mass is 332 g/mol. The van der Waals surface area contributed by atoms with E-state index in [9.17, 15) is 9.59 Å².